The van der Waals surface area contributed by atoms with E-state index in [9.17, 15) is 9.59 Å². The third kappa shape index (κ3) is 6.23. The van der Waals surface area contributed by atoms with Crippen molar-refractivity contribution in [1.82, 2.24) is 10.2 Å². The van der Waals surface area contributed by atoms with Gasteiger partial charge in [0, 0.05) is 19.6 Å². The first-order valence-electron chi connectivity index (χ1n) is 10.1. The van der Waals surface area contributed by atoms with Gasteiger partial charge in [-0.1, -0.05) is 24.3 Å². The average Bonchev–Trinajstić information content (AvgIpc) is 2.78. The van der Waals surface area contributed by atoms with Gasteiger partial charge in [-0.25, -0.2) is 0 Å². The van der Waals surface area contributed by atoms with Gasteiger partial charge in [-0.2, -0.15) is 0 Å². The molecular formula is C23H27BrN2O4. The first-order valence-corrected chi connectivity index (χ1v) is 10.9. The number of rotatable bonds is 8. The van der Waals surface area contributed by atoms with E-state index in [1.807, 2.05) is 48.5 Å². The molecule has 30 heavy (non-hydrogen) atoms. The second-order valence-electron chi connectivity index (χ2n) is 7.28. The van der Waals surface area contributed by atoms with Crippen LogP contribution in [0.25, 0.3) is 0 Å². The van der Waals surface area contributed by atoms with Crippen molar-refractivity contribution in [3.63, 3.8) is 0 Å². The van der Waals surface area contributed by atoms with E-state index in [1.54, 1.807) is 12.0 Å². The molecule has 1 heterocycles. The standard InChI is InChI=1S/C23H27BrN2O4/c1-29-21-10-9-17(14-20(21)24)15-25-23(28)18-6-5-12-26(16-18)22(27)11-13-30-19-7-3-2-4-8-19/h2-4,7-10,14,18H,5-6,11-13,15-16H2,1H3,(H,25,28). The summed E-state index contributed by atoms with van der Waals surface area (Å²) in [4.78, 5) is 27.0. The number of likely N-dealkylation sites (tertiary alicyclic amines) is 1. The molecule has 0 aliphatic carbocycles. The van der Waals surface area contributed by atoms with Gasteiger partial charge < -0.3 is 19.7 Å². The van der Waals surface area contributed by atoms with Crippen molar-refractivity contribution in [2.75, 3.05) is 26.8 Å². The fraction of sp³-hybridized carbons (Fsp3) is 0.391. The first kappa shape index (κ1) is 22.2. The smallest absolute Gasteiger partial charge is 0.226 e. The van der Waals surface area contributed by atoms with Gasteiger partial charge in [0.2, 0.25) is 11.8 Å². The largest absolute Gasteiger partial charge is 0.496 e. The first-order chi connectivity index (χ1) is 14.6. The third-order valence-corrected chi connectivity index (χ3v) is 5.78. The molecule has 1 aliphatic heterocycles. The fourth-order valence-electron chi connectivity index (χ4n) is 3.50. The SMILES string of the molecule is COc1ccc(CNC(=O)C2CCCN(C(=O)CCOc3ccccc3)C2)cc1Br. The van der Waals surface area contributed by atoms with E-state index in [0.717, 1.165) is 34.4 Å². The number of para-hydroxylation sites is 1. The molecule has 0 radical (unpaired) electrons. The molecule has 0 saturated carbocycles. The predicted molar refractivity (Wildman–Crippen MR) is 118 cm³/mol. The normalized spacial score (nSPS) is 16.1. The van der Waals surface area contributed by atoms with Gasteiger partial charge in [0.05, 0.1) is 30.5 Å². The summed E-state index contributed by atoms with van der Waals surface area (Å²) in [5.41, 5.74) is 0.984. The monoisotopic (exact) mass is 474 g/mol. The van der Waals surface area contributed by atoms with Crippen LogP contribution in [0.2, 0.25) is 0 Å². The number of piperidine rings is 1. The lowest BCUT2D eigenvalue weighted by Crippen LogP contribution is -2.45. The van der Waals surface area contributed by atoms with Gasteiger partial charge in [-0.15, -0.1) is 0 Å². The van der Waals surface area contributed by atoms with Crippen LogP contribution in [0.4, 0.5) is 0 Å². The van der Waals surface area contributed by atoms with Gasteiger partial charge in [-0.05, 0) is 58.6 Å². The van der Waals surface area contributed by atoms with E-state index in [2.05, 4.69) is 21.2 Å². The van der Waals surface area contributed by atoms with Crippen molar-refractivity contribution in [1.29, 1.82) is 0 Å². The molecule has 1 fully saturated rings. The number of nitrogens with zero attached hydrogens (tertiary/aromatic N) is 1. The zero-order valence-electron chi connectivity index (χ0n) is 17.1. The van der Waals surface area contributed by atoms with Crippen LogP contribution < -0.4 is 14.8 Å². The van der Waals surface area contributed by atoms with Crippen LogP contribution in [0.15, 0.2) is 53.0 Å². The molecule has 1 N–H and O–H groups in total. The van der Waals surface area contributed by atoms with Crippen LogP contribution in [0.5, 0.6) is 11.5 Å². The number of carbonyl (C=O) groups is 2. The highest BCUT2D eigenvalue weighted by Crippen LogP contribution is 2.25. The molecule has 2 aromatic carbocycles. The van der Waals surface area contributed by atoms with E-state index in [0.29, 0.717) is 32.7 Å². The molecule has 1 atom stereocenters. The van der Waals surface area contributed by atoms with Gasteiger partial charge in [0.15, 0.2) is 0 Å². The van der Waals surface area contributed by atoms with Crippen LogP contribution in [0.1, 0.15) is 24.8 Å². The molecule has 0 aromatic heterocycles. The van der Waals surface area contributed by atoms with E-state index in [1.165, 1.54) is 0 Å². The number of ether oxygens (including phenoxy) is 2. The highest BCUT2D eigenvalue weighted by molar-refractivity contribution is 9.10. The minimum Gasteiger partial charge on any atom is -0.496 e. The molecule has 2 amide bonds. The summed E-state index contributed by atoms with van der Waals surface area (Å²) in [7, 11) is 1.62. The number of halogens is 1. The molecule has 2 aromatic rings. The second-order valence-corrected chi connectivity index (χ2v) is 8.13. The molecular weight excluding hydrogens is 448 g/mol. The number of nitrogens with one attached hydrogen (secondary N) is 1. The summed E-state index contributed by atoms with van der Waals surface area (Å²) < 4.78 is 11.7. The fourth-order valence-corrected chi connectivity index (χ4v) is 4.09. The maximum atomic E-state index is 12.6. The topological polar surface area (TPSA) is 67.9 Å². The highest BCUT2D eigenvalue weighted by Gasteiger charge is 2.28. The van der Waals surface area contributed by atoms with E-state index < -0.39 is 0 Å². The minimum absolute atomic E-state index is 0.0139. The van der Waals surface area contributed by atoms with Gasteiger partial charge in [0.25, 0.3) is 0 Å². The molecule has 0 bridgehead atoms. The van der Waals surface area contributed by atoms with Crippen LogP contribution >= 0.6 is 15.9 Å². The Morgan fingerprint density at radius 1 is 1.20 bits per heavy atom. The molecule has 1 unspecified atom stereocenters. The lowest BCUT2D eigenvalue weighted by atomic mass is 9.96. The summed E-state index contributed by atoms with van der Waals surface area (Å²) in [5, 5.41) is 2.99. The number of methoxy groups -OCH3 is 1. The molecule has 0 spiro atoms. The Balaban J connectivity index is 1.44. The Morgan fingerprint density at radius 2 is 2.00 bits per heavy atom. The molecule has 7 heteroatoms. The Hall–Kier alpha value is -2.54. The Labute approximate surface area is 185 Å². The molecule has 3 rings (SSSR count). The van der Waals surface area contributed by atoms with Crippen molar-refractivity contribution in [2.45, 2.75) is 25.8 Å². The number of hydrogen-bond acceptors (Lipinski definition) is 4. The van der Waals surface area contributed by atoms with E-state index in [-0.39, 0.29) is 17.7 Å². The maximum absolute atomic E-state index is 12.6. The number of amides is 2. The van der Waals surface area contributed by atoms with Crippen molar-refractivity contribution in [3.8, 4) is 11.5 Å². The van der Waals surface area contributed by atoms with Crippen LogP contribution in [-0.2, 0) is 16.1 Å². The van der Waals surface area contributed by atoms with Crippen molar-refractivity contribution in [3.05, 3.63) is 58.6 Å². The minimum atomic E-state index is -0.181. The average molecular weight is 475 g/mol. The molecule has 1 aliphatic rings. The lowest BCUT2D eigenvalue weighted by molar-refractivity contribution is -0.136. The number of carbonyl (C=O) groups excluding carboxylic acids is 2. The summed E-state index contributed by atoms with van der Waals surface area (Å²) in [6.07, 6.45) is 1.93. The van der Waals surface area contributed by atoms with Gasteiger partial charge in [0.1, 0.15) is 11.5 Å². The quantitative estimate of drug-likeness (QED) is 0.631. The molecule has 6 nitrogen and oxygen atoms in total. The third-order valence-electron chi connectivity index (χ3n) is 5.16. The Kier molecular flexibility index (Phi) is 8.13. The molecule has 160 valence electrons. The zero-order chi connectivity index (χ0) is 21.3. The van der Waals surface area contributed by atoms with Gasteiger partial charge >= 0.3 is 0 Å². The van der Waals surface area contributed by atoms with Crippen LogP contribution in [0.3, 0.4) is 0 Å². The predicted octanol–water partition coefficient (Wildman–Crippen LogP) is 3.78. The van der Waals surface area contributed by atoms with Gasteiger partial charge in [-0.3, -0.25) is 9.59 Å². The van der Waals surface area contributed by atoms with E-state index >= 15 is 0 Å². The summed E-state index contributed by atoms with van der Waals surface area (Å²) in [5.74, 6) is 1.34. The highest BCUT2D eigenvalue weighted by atomic mass is 79.9. The summed E-state index contributed by atoms with van der Waals surface area (Å²) in [6.45, 7) is 1.93. The second kappa shape index (κ2) is 11.0. The maximum Gasteiger partial charge on any atom is 0.226 e. The van der Waals surface area contributed by atoms with E-state index in [4.69, 9.17) is 9.47 Å². The zero-order valence-corrected chi connectivity index (χ0v) is 18.7. The number of hydrogen-bond donors (Lipinski definition) is 1. The van der Waals surface area contributed by atoms with Crippen LogP contribution in [-0.4, -0.2) is 43.5 Å². The molecule has 1 saturated heterocycles. The summed E-state index contributed by atoms with van der Waals surface area (Å²) in [6, 6.07) is 15.2. The summed E-state index contributed by atoms with van der Waals surface area (Å²) >= 11 is 3.46. The lowest BCUT2D eigenvalue weighted by Gasteiger charge is -2.32. The van der Waals surface area contributed by atoms with Crippen molar-refractivity contribution < 1.29 is 19.1 Å². The van der Waals surface area contributed by atoms with Crippen molar-refractivity contribution >= 4 is 27.7 Å². The van der Waals surface area contributed by atoms with Crippen LogP contribution in [0, 0.1) is 5.92 Å². The number of benzene rings is 2. The van der Waals surface area contributed by atoms with Crippen molar-refractivity contribution in [2.24, 2.45) is 5.92 Å². The Morgan fingerprint density at radius 3 is 2.73 bits per heavy atom. The Bertz CT molecular complexity index is 860.